The molecule has 0 aliphatic heterocycles. The zero-order valence-corrected chi connectivity index (χ0v) is 9.94. The summed E-state index contributed by atoms with van der Waals surface area (Å²) in [5.41, 5.74) is 2.72. The predicted octanol–water partition coefficient (Wildman–Crippen LogP) is 1.66. The molecule has 17 heavy (non-hydrogen) atoms. The molecule has 1 heterocycles. The highest BCUT2D eigenvalue weighted by Gasteiger charge is 2.16. The quantitative estimate of drug-likeness (QED) is 0.816. The largest absolute Gasteiger partial charge is 0.496 e. The number of nitrogens with one attached hydrogen (secondary N) is 1. The highest BCUT2D eigenvalue weighted by atomic mass is 16.5. The van der Waals surface area contributed by atoms with Crippen LogP contribution < -0.4 is 4.74 Å². The van der Waals surface area contributed by atoms with Gasteiger partial charge in [-0.25, -0.2) is 0 Å². The third kappa shape index (κ3) is 2.04. The van der Waals surface area contributed by atoms with E-state index in [-0.39, 0.29) is 5.78 Å². The molecule has 0 spiro atoms. The van der Waals surface area contributed by atoms with E-state index in [9.17, 15) is 4.79 Å². The minimum absolute atomic E-state index is 0.137. The van der Waals surface area contributed by atoms with Crippen molar-refractivity contribution in [2.24, 2.45) is 0 Å². The van der Waals surface area contributed by atoms with E-state index in [2.05, 4.69) is 15.4 Å². The number of aryl methyl sites for hydroxylation is 2. The zero-order chi connectivity index (χ0) is 12.4. The first-order valence-corrected chi connectivity index (χ1v) is 5.19. The molecule has 0 fully saturated rings. The fourth-order valence-corrected chi connectivity index (χ4v) is 1.70. The molecule has 0 saturated carbocycles. The molecule has 0 bridgehead atoms. The van der Waals surface area contributed by atoms with Crippen LogP contribution in [0.5, 0.6) is 5.75 Å². The Hall–Kier alpha value is -2.17. The van der Waals surface area contributed by atoms with E-state index in [0.29, 0.717) is 11.3 Å². The van der Waals surface area contributed by atoms with Gasteiger partial charge in [0.05, 0.1) is 13.3 Å². The summed E-state index contributed by atoms with van der Waals surface area (Å²) in [7, 11) is 1.61. The zero-order valence-electron chi connectivity index (χ0n) is 9.94. The van der Waals surface area contributed by atoms with E-state index in [1.165, 1.54) is 6.20 Å². The third-order valence-electron chi connectivity index (χ3n) is 2.63. The average molecular weight is 231 g/mol. The fraction of sp³-hybridized carbons (Fsp3) is 0.250. The van der Waals surface area contributed by atoms with Crippen LogP contribution in [0, 0.1) is 13.8 Å². The first-order chi connectivity index (χ1) is 8.13. The SMILES string of the molecule is COc1cc(C)c(C(=O)c2cn[nH]n2)cc1C. The number of carbonyl (C=O) groups excluding carboxylic acids is 1. The summed E-state index contributed by atoms with van der Waals surface area (Å²) in [4.78, 5) is 12.1. The van der Waals surface area contributed by atoms with Crippen LogP contribution in [0.15, 0.2) is 18.3 Å². The Kier molecular flexibility index (Phi) is 2.91. The van der Waals surface area contributed by atoms with Crippen LogP contribution in [0.2, 0.25) is 0 Å². The fourth-order valence-electron chi connectivity index (χ4n) is 1.70. The van der Waals surface area contributed by atoms with Crippen LogP contribution in [-0.2, 0) is 0 Å². The Morgan fingerprint density at radius 3 is 2.65 bits per heavy atom. The summed E-state index contributed by atoms with van der Waals surface area (Å²) in [5.74, 6) is 0.640. The lowest BCUT2D eigenvalue weighted by Crippen LogP contribution is -2.05. The van der Waals surface area contributed by atoms with Crippen molar-refractivity contribution in [3.63, 3.8) is 0 Å². The summed E-state index contributed by atoms with van der Waals surface area (Å²) in [6.45, 7) is 3.77. The van der Waals surface area contributed by atoms with Crippen molar-refractivity contribution in [2.75, 3.05) is 7.11 Å². The van der Waals surface area contributed by atoms with Gasteiger partial charge in [0.1, 0.15) is 5.75 Å². The smallest absolute Gasteiger partial charge is 0.215 e. The Balaban J connectivity index is 2.46. The second-order valence-electron chi connectivity index (χ2n) is 3.82. The van der Waals surface area contributed by atoms with Crippen LogP contribution in [0.1, 0.15) is 27.2 Å². The first-order valence-electron chi connectivity index (χ1n) is 5.19. The maximum Gasteiger partial charge on any atom is 0.215 e. The van der Waals surface area contributed by atoms with Crippen LogP contribution in [0.25, 0.3) is 0 Å². The number of ketones is 1. The van der Waals surface area contributed by atoms with Crippen molar-refractivity contribution < 1.29 is 9.53 Å². The highest BCUT2D eigenvalue weighted by Crippen LogP contribution is 2.23. The Labute approximate surface area is 98.8 Å². The number of ether oxygens (including phenoxy) is 1. The maximum absolute atomic E-state index is 12.1. The molecule has 1 aromatic heterocycles. The number of carbonyl (C=O) groups is 1. The van der Waals surface area contributed by atoms with Gasteiger partial charge in [0.2, 0.25) is 5.78 Å². The van der Waals surface area contributed by atoms with Crippen LogP contribution >= 0.6 is 0 Å². The average Bonchev–Trinajstić information content (AvgIpc) is 2.84. The second-order valence-corrected chi connectivity index (χ2v) is 3.82. The molecule has 0 radical (unpaired) electrons. The molecule has 88 valence electrons. The summed E-state index contributed by atoms with van der Waals surface area (Å²) in [6.07, 6.45) is 1.42. The third-order valence-corrected chi connectivity index (χ3v) is 2.63. The predicted molar refractivity (Wildman–Crippen MR) is 62.3 cm³/mol. The molecule has 2 aromatic rings. The molecule has 0 unspecified atom stereocenters. The Bertz CT molecular complexity index is 547. The first kappa shape index (κ1) is 11.3. The molecular formula is C12H13N3O2. The van der Waals surface area contributed by atoms with Gasteiger partial charge in [0, 0.05) is 5.56 Å². The lowest BCUT2D eigenvalue weighted by Gasteiger charge is -2.09. The van der Waals surface area contributed by atoms with Crippen molar-refractivity contribution in [3.05, 3.63) is 40.7 Å². The number of aromatic nitrogens is 3. The van der Waals surface area contributed by atoms with Crippen molar-refractivity contribution in [3.8, 4) is 5.75 Å². The minimum Gasteiger partial charge on any atom is -0.496 e. The minimum atomic E-state index is -0.137. The Morgan fingerprint density at radius 1 is 1.29 bits per heavy atom. The summed E-state index contributed by atoms with van der Waals surface area (Å²) < 4.78 is 5.21. The number of nitrogens with zero attached hydrogens (tertiary/aromatic N) is 2. The number of benzene rings is 1. The van der Waals surface area contributed by atoms with Gasteiger partial charge in [-0.1, -0.05) is 0 Å². The van der Waals surface area contributed by atoms with Gasteiger partial charge in [0.15, 0.2) is 5.69 Å². The Morgan fingerprint density at radius 2 is 2.06 bits per heavy atom. The number of methoxy groups -OCH3 is 1. The number of H-pyrrole nitrogens is 1. The van der Waals surface area contributed by atoms with E-state index in [4.69, 9.17) is 4.74 Å². The van der Waals surface area contributed by atoms with Gasteiger partial charge in [-0.15, -0.1) is 0 Å². The molecule has 1 N–H and O–H groups in total. The summed E-state index contributed by atoms with van der Waals surface area (Å²) in [5, 5.41) is 9.85. The van der Waals surface area contributed by atoms with Crippen LogP contribution in [0.4, 0.5) is 0 Å². The number of hydrogen-bond acceptors (Lipinski definition) is 4. The molecule has 2 rings (SSSR count). The number of aromatic amines is 1. The van der Waals surface area contributed by atoms with Gasteiger partial charge in [0.25, 0.3) is 0 Å². The highest BCUT2D eigenvalue weighted by molar-refractivity contribution is 6.08. The van der Waals surface area contributed by atoms with E-state index < -0.39 is 0 Å². The molecule has 0 atom stereocenters. The summed E-state index contributed by atoms with van der Waals surface area (Å²) >= 11 is 0. The summed E-state index contributed by atoms with van der Waals surface area (Å²) in [6, 6.07) is 3.66. The van der Waals surface area contributed by atoms with Gasteiger partial charge >= 0.3 is 0 Å². The standard InChI is InChI=1S/C12H13N3O2/c1-7-5-11(17-3)8(2)4-9(7)12(16)10-6-13-15-14-10/h4-6H,1-3H3,(H,13,14,15). The molecule has 0 aliphatic carbocycles. The molecule has 1 aromatic carbocycles. The van der Waals surface area contributed by atoms with Gasteiger partial charge < -0.3 is 4.74 Å². The van der Waals surface area contributed by atoms with Gasteiger partial charge in [-0.05, 0) is 37.1 Å². The molecule has 0 saturated heterocycles. The number of hydrogen-bond donors (Lipinski definition) is 1. The molecular weight excluding hydrogens is 218 g/mol. The molecule has 5 nitrogen and oxygen atoms in total. The lowest BCUT2D eigenvalue weighted by atomic mass is 10.00. The molecule has 5 heteroatoms. The number of rotatable bonds is 3. The topological polar surface area (TPSA) is 67.9 Å². The molecule has 0 amide bonds. The van der Waals surface area contributed by atoms with Crippen LogP contribution in [-0.4, -0.2) is 28.3 Å². The normalized spacial score (nSPS) is 10.3. The van der Waals surface area contributed by atoms with Crippen molar-refractivity contribution >= 4 is 5.78 Å². The lowest BCUT2D eigenvalue weighted by molar-refractivity contribution is 0.103. The van der Waals surface area contributed by atoms with Crippen LogP contribution in [0.3, 0.4) is 0 Å². The van der Waals surface area contributed by atoms with Gasteiger partial charge in [-0.3, -0.25) is 4.79 Å². The van der Waals surface area contributed by atoms with E-state index in [0.717, 1.165) is 16.9 Å². The van der Waals surface area contributed by atoms with E-state index >= 15 is 0 Å². The van der Waals surface area contributed by atoms with Crippen molar-refractivity contribution in [2.45, 2.75) is 13.8 Å². The maximum atomic E-state index is 12.1. The second kappa shape index (κ2) is 4.37. The molecule has 0 aliphatic rings. The van der Waals surface area contributed by atoms with E-state index in [1.807, 2.05) is 26.0 Å². The van der Waals surface area contributed by atoms with Gasteiger partial charge in [-0.2, -0.15) is 15.4 Å². The van der Waals surface area contributed by atoms with Crippen molar-refractivity contribution in [1.29, 1.82) is 0 Å². The monoisotopic (exact) mass is 231 g/mol. The van der Waals surface area contributed by atoms with Crippen molar-refractivity contribution in [1.82, 2.24) is 15.4 Å². The van der Waals surface area contributed by atoms with E-state index in [1.54, 1.807) is 7.11 Å².